The van der Waals surface area contributed by atoms with Crippen molar-refractivity contribution in [2.75, 3.05) is 6.61 Å². The maximum Gasteiger partial charge on any atom is 0.319 e. The first-order valence-corrected chi connectivity index (χ1v) is 8.60. The van der Waals surface area contributed by atoms with Gasteiger partial charge in [0.15, 0.2) is 11.5 Å². The first-order valence-electron chi connectivity index (χ1n) is 8.60. The second-order valence-electron chi connectivity index (χ2n) is 5.91. The summed E-state index contributed by atoms with van der Waals surface area (Å²) in [5.74, 6) is 0.157. The molecule has 7 heteroatoms. The molecule has 3 N–H and O–H groups in total. The van der Waals surface area contributed by atoms with Crippen LogP contribution in [0.5, 0.6) is 11.5 Å². The van der Waals surface area contributed by atoms with Crippen LogP contribution in [-0.2, 0) is 11.4 Å². The number of benzene rings is 2. The summed E-state index contributed by atoms with van der Waals surface area (Å²) in [6, 6.07) is 13.7. The molecule has 3 amide bonds. The van der Waals surface area contributed by atoms with Crippen molar-refractivity contribution in [1.82, 2.24) is 5.32 Å². The quantitative estimate of drug-likeness (QED) is 0.567. The van der Waals surface area contributed by atoms with Crippen LogP contribution in [0.2, 0.25) is 0 Å². The summed E-state index contributed by atoms with van der Waals surface area (Å²) < 4.78 is 11.5. The van der Waals surface area contributed by atoms with Crippen molar-refractivity contribution in [2.24, 2.45) is 5.73 Å². The Morgan fingerprint density at radius 1 is 1.18 bits per heavy atom. The highest BCUT2D eigenvalue weighted by Crippen LogP contribution is 2.30. The molecule has 0 spiro atoms. The molecule has 0 heterocycles. The van der Waals surface area contributed by atoms with Gasteiger partial charge in [0.25, 0.3) is 5.91 Å². The fourth-order valence-electron chi connectivity index (χ4n) is 2.46. The normalized spacial score (nSPS) is 10.7. The summed E-state index contributed by atoms with van der Waals surface area (Å²) in [7, 11) is 0. The summed E-state index contributed by atoms with van der Waals surface area (Å²) in [4.78, 5) is 22.6. The number of carbonyl (C=O) groups excluding carboxylic acids is 2. The van der Waals surface area contributed by atoms with Crippen LogP contribution in [0.4, 0.5) is 4.79 Å². The number of aryl methyl sites for hydroxylation is 1. The third kappa shape index (κ3) is 5.88. The van der Waals surface area contributed by atoms with Gasteiger partial charge in [-0.25, -0.2) is 4.79 Å². The van der Waals surface area contributed by atoms with Crippen molar-refractivity contribution in [1.29, 1.82) is 5.26 Å². The smallest absolute Gasteiger partial charge is 0.319 e. The summed E-state index contributed by atoms with van der Waals surface area (Å²) in [6.45, 7) is 4.65. The monoisotopic (exact) mass is 379 g/mol. The predicted octanol–water partition coefficient (Wildman–Crippen LogP) is 3.07. The van der Waals surface area contributed by atoms with E-state index >= 15 is 0 Å². The third-order valence-corrected chi connectivity index (χ3v) is 3.66. The molecule has 0 atom stereocenters. The molecule has 2 aromatic rings. The molecule has 0 aromatic heterocycles. The number of amides is 3. The van der Waals surface area contributed by atoms with E-state index < -0.39 is 11.9 Å². The molecular formula is C21H21N3O4. The number of hydrogen-bond acceptors (Lipinski definition) is 5. The van der Waals surface area contributed by atoms with Crippen molar-refractivity contribution in [3.63, 3.8) is 0 Å². The van der Waals surface area contributed by atoms with Crippen LogP contribution >= 0.6 is 0 Å². The van der Waals surface area contributed by atoms with Gasteiger partial charge in [-0.2, -0.15) is 5.26 Å². The number of hydrogen-bond donors (Lipinski definition) is 2. The molecule has 2 rings (SSSR count). The van der Waals surface area contributed by atoms with Crippen molar-refractivity contribution >= 4 is 18.0 Å². The molecule has 0 aliphatic rings. The predicted molar refractivity (Wildman–Crippen MR) is 104 cm³/mol. The van der Waals surface area contributed by atoms with Gasteiger partial charge in [0.05, 0.1) is 6.61 Å². The van der Waals surface area contributed by atoms with Gasteiger partial charge in [0, 0.05) is 0 Å². The average molecular weight is 379 g/mol. The van der Waals surface area contributed by atoms with Crippen molar-refractivity contribution in [3.05, 3.63) is 64.7 Å². The summed E-state index contributed by atoms with van der Waals surface area (Å²) in [5, 5.41) is 11.0. The Kier molecular flexibility index (Phi) is 7.17. The zero-order valence-electron chi connectivity index (χ0n) is 15.7. The molecule has 144 valence electrons. The molecule has 0 saturated heterocycles. The standard InChI is InChI=1S/C21H21N3O4/c1-3-27-19-11-15(10-17(12-22)20(25)24-21(23)26)7-8-18(19)28-13-16-6-4-5-14(2)9-16/h4-11H,3,13H2,1-2H3,(H3,23,24,25,26)/b17-10-. The lowest BCUT2D eigenvalue weighted by molar-refractivity contribution is -0.115. The van der Waals surface area contributed by atoms with Gasteiger partial charge >= 0.3 is 6.03 Å². The van der Waals surface area contributed by atoms with E-state index in [1.807, 2.05) is 43.4 Å². The maximum absolute atomic E-state index is 11.8. The summed E-state index contributed by atoms with van der Waals surface area (Å²) >= 11 is 0. The molecule has 0 unspecified atom stereocenters. The number of nitriles is 1. The number of nitrogens with zero attached hydrogens (tertiary/aromatic N) is 1. The van der Waals surface area contributed by atoms with Crippen LogP contribution in [0, 0.1) is 18.3 Å². The molecule has 7 nitrogen and oxygen atoms in total. The number of nitrogens with two attached hydrogens (primary N) is 1. The molecular weight excluding hydrogens is 358 g/mol. The van der Waals surface area contributed by atoms with Crippen LogP contribution in [-0.4, -0.2) is 18.5 Å². The van der Waals surface area contributed by atoms with Gasteiger partial charge in [-0.3, -0.25) is 10.1 Å². The second kappa shape index (κ2) is 9.78. The first kappa shape index (κ1) is 20.5. The van der Waals surface area contributed by atoms with Gasteiger partial charge in [0.2, 0.25) is 0 Å². The maximum atomic E-state index is 11.8. The van der Waals surface area contributed by atoms with E-state index in [0.717, 1.165) is 11.1 Å². The Balaban J connectivity index is 2.23. The van der Waals surface area contributed by atoms with E-state index in [-0.39, 0.29) is 5.57 Å². The minimum Gasteiger partial charge on any atom is -0.490 e. The van der Waals surface area contributed by atoms with Gasteiger partial charge in [-0.05, 0) is 43.2 Å². The lowest BCUT2D eigenvalue weighted by Crippen LogP contribution is -2.35. The van der Waals surface area contributed by atoms with Gasteiger partial charge in [-0.15, -0.1) is 0 Å². The van der Waals surface area contributed by atoms with Gasteiger partial charge < -0.3 is 15.2 Å². The van der Waals surface area contributed by atoms with E-state index in [0.29, 0.717) is 30.3 Å². The minimum atomic E-state index is -1.03. The highest BCUT2D eigenvalue weighted by molar-refractivity contribution is 6.08. The van der Waals surface area contributed by atoms with Crippen LogP contribution in [0.1, 0.15) is 23.6 Å². The number of ether oxygens (including phenoxy) is 2. The SMILES string of the molecule is CCOc1cc(/C=C(/C#N)C(=O)NC(N)=O)ccc1OCc1cccc(C)c1. The highest BCUT2D eigenvalue weighted by atomic mass is 16.5. The number of primary amides is 1. The molecule has 0 radical (unpaired) electrons. The number of urea groups is 1. The van der Waals surface area contributed by atoms with Crippen LogP contribution in [0.15, 0.2) is 48.0 Å². The Morgan fingerprint density at radius 3 is 2.61 bits per heavy atom. The largest absolute Gasteiger partial charge is 0.490 e. The number of carbonyl (C=O) groups is 2. The van der Waals surface area contributed by atoms with Crippen LogP contribution in [0.25, 0.3) is 6.08 Å². The Bertz CT molecular complexity index is 945. The molecule has 0 saturated carbocycles. The average Bonchev–Trinajstić information content (AvgIpc) is 2.65. The summed E-state index contributed by atoms with van der Waals surface area (Å²) in [5.41, 5.74) is 7.37. The molecule has 0 fully saturated rings. The van der Waals surface area contributed by atoms with Gasteiger partial charge in [-0.1, -0.05) is 35.9 Å². The fourth-order valence-corrected chi connectivity index (χ4v) is 2.46. The molecule has 28 heavy (non-hydrogen) atoms. The van der Waals surface area contributed by atoms with E-state index in [1.54, 1.807) is 24.3 Å². The number of rotatable bonds is 7. The second-order valence-corrected chi connectivity index (χ2v) is 5.91. The minimum absolute atomic E-state index is 0.255. The van der Waals surface area contributed by atoms with Crippen molar-refractivity contribution in [2.45, 2.75) is 20.5 Å². The Morgan fingerprint density at radius 2 is 1.96 bits per heavy atom. The lowest BCUT2D eigenvalue weighted by Gasteiger charge is -2.13. The molecule has 2 aromatic carbocycles. The molecule has 0 bridgehead atoms. The van der Waals surface area contributed by atoms with E-state index in [1.165, 1.54) is 6.08 Å². The van der Waals surface area contributed by atoms with Crippen LogP contribution in [0.3, 0.4) is 0 Å². The zero-order chi connectivity index (χ0) is 20.5. The lowest BCUT2D eigenvalue weighted by atomic mass is 10.1. The topological polar surface area (TPSA) is 114 Å². The van der Waals surface area contributed by atoms with Gasteiger partial charge in [0.1, 0.15) is 18.2 Å². The molecule has 0 aliphatic carbocycles. The highest BCUT2D eigenvalue weighted by Gasteiger charge is 2.12. The first-order chi connectivity index (χ1) is 13.4. The van der Waals surface area contributed by atoms with Crippen molar-refractivity contribution in [3.8, 4) is 17.6 Å². The Labute approximate surface area is 163 Å². The molecule has 0 aliphatic heterocycles. The van der Waals surface area contributed by atoms with Crippen molar-refractivity contribution < 1.29 is 19.1 Å². The van der Waals surface area contributed by atoms with Crippen LogP contribution < -0.4 is 20.5 Å². The zero-order valence-corrected chi connectivity index (χ0v) is 15.7. The fraction of sp³-hybridized carbons (Fsp3) is 0.190. The summed E-state index contributed by atoms with van der Waals surface area (Å²) in [6.07, 6.45) is 1.34. The number of nitrogens with one attached hydrogen (secondary N) is 1. The Hall–Kier alpha value is -3.79. The van der Waals surface area contributed by atoms with E-state index in [4.69, 9.17) is 20.5 Å². The third-order valence-electron chi connectivity index (χ3n) is 3.66. The number of imide groups is 1. The van der Waals surface area contributed by atoms with E-state index in [2.05, 4.69) is 0 Å². The van der Waals surface area contributed by atoms with E-state index in [9.17, 15) is 9.59 Å².